The number of hydrogen-bond donors (Lipinski definition) is 0. The SMILES string of the molecule is CCCCCCCCCCCCN1C(=O)/C(=C\c2c(C)c(C#N)c(=O)n(CCC)c2N2CCOCC2)SC1=S. The fourth-order valence-electron chi connectivity index (χ4n) is 5.27. The minimum Gasteiger partial charge on any atom is -0.378 e. The Morgan fingerprint density at radius 2 is 1.56 bits per heavy atom. The Labute approximate surface area is 243 Å². The van der Waals surface area contributed by atoms with Crippen LogP contribution in [-0.2, 0) is 16.1 Å². The maximum Gasteiger partial charge on any atom is 0.270 e. The smallest absolute Gasteiger partial charge is 0.270 e. The summed E-state index contributed by atoms with van der Waals surface area (Å²) in [6.45, 7) is 9.63. The Morgan fingerprint density at radius 1 is 0.949 bits per heavy atom. The molecule has 1 aromatic rings. The zero-order valence-corrected chi connectivity index (χ0v) is 25.6. The Balaban J connectivity index is 1.74. The standard InChI is InChI=1S/C30H44N4O3S2/c1-4-6-7-8-9-10-11-12-13-14-16-34-29(36)26(39-30(34)38)21-24-23(3)25(22-31)28(35)33(15-5-2)27(24)32-17-19-37-20-18-32/h21H,4-20H2,1-3H3/b26-21+. The van der Waals surface area contributed by atoms with Crippen molar-refractivity contribution in [3.05, 3.63) is 31.9 Å². The molecule has 3 rings (SSSR count). The molecule has 2 saturated heterocycles. The van der Waals surface area contributed by atoms with Crippen LogP contribution >= 0.6 is 24.0 Å². The molecule has 3 heterocycles. The topological polar surface area (TPSA) is 78.6 Å². The number of pyridine rings is 1. The maximum absolute atomic E-state index is 13.4. The summed E-state index contributed by atoms with van der Waals surface area (Å²) >= 11 is 6.92. The molecular weight excluding hydrogens is 528 g/mol. The number of thioether (sulfide) groups is 1. The number of nitriles is 1. The Kier molecular flexibility index (Phi) is 13.0. The van der Waals surface area contributed by atoms with E-state index in [4.69, 9.17) is 17.0 Å². The van der Waals surface area contributed by atoms with Crippen LogP contribution in [0.4, 0.5) is 5.82 Å². The molecule has 0 spiro atoms. The zero-order valence-electron chi connectivity index (χ0n) is 23.9. The first-order valence-corrected chi connectivity index (χ1v) is 15.9. The molecule has 39 heavy (non-hydrogen) atoms. The number of unbranched alkanes of at least 4 members (excludes halogenated alkanes) is 9. The second-order valence-electron chi connectivity index (χ2n) is 10.4. The van der Waals surface area contributed by atoms with Gasteiger partial charge in [-0.25, -0.2) is 0 Å². The Morgan fingerprint density at radius 3 is 2.15 bits per heavy atom. The highest BCUT2D eigenvalue weighted by Crippen LogP contribution is 2.36. The summed E-state index contributed by atoms with van der Waals surface area (Å²) in [5, 5.41) is 9.82. The average molecular weight is 573 g/mol. The van der Waals surface area contributed by atoms with Gasteiger partial charge in [0.15, 0.2) is 0 Å². The summed E-state index contributed by atoms with van der Waals surface area (Å²) in [4.78, 5) is 31.1. The summed E-state index contributed by atoms with van der Waals surface area (Å²) in [6, 6.07) is 2.11. The van der Waals surface area contributed by atoms with E-state index < -0.39 is 0 Å². The molecule has 0 atom stereocenters. The van der Waals surface area contributed by atoms with Crippen molar-refractivity contribution in [1.82, 2.24) is 9.47 Å². The number of carbonyl (C=O) groups is 1. The molecule has 0 radical (unpaired) electrons. The van der Waals surface area contributed by atoms with E-state index in [0.29, 0.717) is 54.2 Å². The van der Waals surface area contributed by atoms with Gasteiger partial charge >= 0.3 is 0 Å². The predicted molar refractivity (Wildman–Crippen MR) is 165 cm³/mol. The molecule has 2 aliphatic heterocycles. The van der Waals surface area contributed by atoms with Crippen LogP contribution in [0.2, 0.25) is 0 Å². The van der Waals surface area contributed by atoms with Crippen LogP contribution in [0.5, 0.6) is 0 Å². The van der Waals surface area contributed by atoms with Gasteiger partial charge in [-0.3, -0.25) is 19.1 Å². The first-order chi connectivity index (χ1) is 18.9. The third kappa shape index (κ3) is 8.18. The molecule has 2 aliphatic rings. The monoisotopic (exact) mass is 572 g/mol. The van der Waals surface area contributed by atoms with Gasteiger partial charge in [0.1, 0.15) is 21.8 Å². The lowest BCUT2D eigenvalue weighted by Crippen LogP contribution is -2.41. The number of anilines is 1. The zero-order chi connectivity index (χ0) is 28.2. The summed E-state index contributed by atoms with van der Waals surface area (Å²) in [7, 11) is 0. The minimum atomic E-state index is -0.274. The quantitative estimate of drug-likeness (QED) is 0.137. The van der Waals surface area contributed by atoms with E-state index in [1.165, 1.54) is 63.1 Å². The molecule has 1 amide bonds. The van der Waals surface area contributed by atoms with Crippen LogP contribution in [0.15, 0.2) is 9.70 Å². The highest BCUT2D eigenvalue weighted by atomic mass is 32.2. The number of aromatic nitrogens is 1. The molecular formula is C30H44N4O3S2. The predicted octanol–water partition coefficient (Wildman–Crippen LogP) is 6.40. The fraction of sp³-hybridized carbons (Fsp3) is 0.667. The van der Waals surface area contributed by atoms with E-state index in [2.05, 4.69) is 17.9 Å². The van der Waals surface area contributed by atoms with Gasteiger partial charge in [-0.15, -0.1) is 0 Å². The Bertz CT molecular complexity index is 1130. The van der Waals surface area contributed by atoms with Crippen molar-refractivity contribution in [3.63, 3.8) is 0 Å². The first kappa shape index (κ1) is 31.4. The van der Waals surface area contributed by atoms with Gasteiger partial charge in [0.05, 0.1) is 18.1 Å². The van der Waals surface area contributed by atoms with Crippen molar-refractivity contribution in [3.8, 4) is 6.07 Å². The second kappa shape index (κ2) is 16.2. The third-order valence-electron chi connectivity index (χ3n) is 7.49. The first-order valence-electron chi connectivity index (χ1n) is 14.7. The highest BCUT2D eigenvalue weighted by Gasteiger charge is 2.33. The van der Waals surface area contributed by atoms with Crippen LogP contribution in [0.25, 0.3) is 6.08 Å². The number of ether oxygens (including phenoxy) is 1. The van der Waals surface area contributed by atoms with Crippen LogP contribution in [0.1, 0.15) is 101 Å². The van der Waals surface area contributed by atoms with Crippen molar-refractivity contribution in [2.75, 3.05) is 37.7 Å². The molecule has 0 bridgehead atoms. The van der Waals surface area contributed by atoms with Crippen LogP contribution in [0.3, 0.4) is 0 Å². The molecule has 1 aromatic heterocycles. The lowest BCUT2D eigenvalue weighted by Gasteiger charge is -2.33. The van der Waals surface area contributed by atoms with Crippen molar-refractivity contribution < 1.29 is 9.53 Å². The van der Waals surface area contributed by atoms with E-state index >= 15 is 0 Å². The molecule has 2 fully saturated rings. The van der Waals surface area contributed by atoms with Crippen molar-refractivity contribution >= 4 is 46.1 Å². The van der Waals surface area contributed by atoms with Gasteiger partial charge < -0.3 is 9.64 Å². The molecule has 0 unspecified atom stereocenters. The normalized spacial score (nSPS) is 16.9. The van der Waals surface area contributed by atoms with E-state index in [1.807, 2.05) is 13.0 Å². The summed E-state index contributed by atoms with van der Waals surface area (Å²) in [6.07, 6.45) is 15.0. The lowest BCUT2D eigenvalue weighted by molar-refractivity contribution is -0.122. The average Bonchev–Trinajstić information content (AvgIpc) is 3.20. The van der Waals surface area contributed by atoms with Crippen LogP contribution in [0, 0.1) is 18.3 Å². The van der Waals surface area contributed by atoms with Crippen molar-refractivity contribution in [2.24, 2.45) is 0 Å². The number of thiocarbonyl (C=S) groups is 1. The van der Waals surface area contributed by atoms with Gasteiger partial charge in [-0.1, -0.05) is 95.6 Å². The van der Waals surface area contributed by atoms with E-state index in [9.17, 15) is 14.9 Å². The molecule has 214 valence electrons. The minimum absolute atomic E-state index is 0.0833. The number of hydrogen-bond acceptors (Lipinski definition) is 7. The van der Waals surface area contributed by atoms with E-state index in [0.717, 1.165) is 30.6 Å². The fourth-order valence-corrected chi connectivity index (χ4v) is 6.56. The Hall–Kier alpha value is -2.15. The number of morpholine rings is 1. The molecule has 0 saturated carbocycles. The molecule has 0 aliphatic carbocycles. The summed E-state index contributed by atoms with van der Waals surface area (Å²) < 4.78 is 7.83. The van der Waals surface area contributed by atoms with Crippen molar-refractivity contribution in [2.45, 2.75) is 97.9 Å². The van der Waals surface area contributed by atoms with Gasteiger partial charge in [0, 0.05) is 31.7 Å². The molecule has 0 aromatic carbocycles. The highest BCUT2D eigenvalue weighted by molar-refractivity contribution is 8.26. The van der Waals surface area contributed by atoms with E-state index in [-0.39, 0.29) is 17.0 Å². The number of nitrogens with zero attached hydrogens (tertiary/aromatic N) is 4. The maximum atomic E-state index is 13.4. The number of carbonyl (C=O) groups excluding carboxylic acids is 1. The largest absolute Gasteiger partial charge is 0.378 e. The molecule has 7 nitrogen and oxygen atoms in total. The van der Waals surface area contributed by atoms with Crippen molar-refractivity contribution in [1.29, 1.82) is 5.26 Å². The van der Waals surface area contributed by atoms with Gasteiger partial charge in [-0.05, 0) is 31.4 Å². The number of rotatable bonds is 15. The van der Waals surface area contributed by atoms with Gasteiger partial charge in [0.2, 0.25) is 0 Å². The van der Waals surface area contributed by atoms with Crippen LogP contribution < -0.4 is 10.5 Å². The van der Waals surface area contributed by atoms with Crippen LogP contribution in [-0.4, -0.2) is 52.5 Å². The van der Waals surface area contributed by atoms with Gasteiger partial charge in [-0.2, -0.15) is 5.26 Å². The summed E-state index contributed by atoms with van der Waals surface area (Å²) in [5.74, 6) is 0.682. The number of amides is 1. The second-order valence-corrected chi connectivity index (χ2v) is 12.1. The van der Waals surface area contributed by atoms with E-state index in [1.54, 1.807) is 16.4 Å². The summed E-state index contributed by atoms with van der Waals surface area (Å²) in [5.41, 5.74) is 1.22. The third-order valence-corrected chi connectivity index (χ3v) is 8.87. The van der Waals surface area contributed by atoms with Gasteiger partial charge in [0.25, 0.3) is 11.5 Å². The lowest BCUT2D eigenvalue weighted by atomic mass is 10.0. The molecule has 9 heteroatoms. The molecule has 0 N–H and O–H groups in total.